The summed E-state index contributed by atoms with van der Waals surface area (Å²) in [6.07, 6.45) is 1.94. The molecule has 0 aliphatic carbocycles. The molecule has 0 radical (unpaired) electrons. The summed E-state index contributed by atoms with van der Waals surface area (Å²) in [5, 5.41) is 6.44. The second-order valence-electron chi connectivity index (χ2n) is 6.29. The lowest BCUT2D eigenvalue weighted by molar-refractivity contribution is -0.114. The van der Waals surface area contributed by atoms with Crippen LogP contribution in [0.2, 0.25) is 0 Å². The topological polar surface area (TPSA) is 81.6 Å². The lowest BCUT2D eigenvalue weighted by Crippen LogP contribution is -2.14. The van der Waals surface area contributed by atoms with Gasteiger partial charge in [0.15, 0.2) is 0 Å². The van der Waals surface area contributed by atoms with Crippen molar-refractivity contribution in [1.29, 1.82) is 0 Å². The van der Waals surface area contributed by atoms with Crippen molar-refractivity contribution in [3.05, 3.63) is 54.2 Å². The third-order valence-corrected chi connectivity index (χ3v) is 4.36. The van der Waals surface area contributed by atoms with Crippen LogP contribution in [0.25, 0.3) is 10.9 Å². The van der Waals surface area contributed by atoms with Crippen molar-refractivity contribution in [3.8, 4) is 5.75 Å². The highest BCUT2D eigenvalue weighted by Crippen LogP contribution is 2.29. The van der Waals surface area contributed by atoms with Crippen molar-refractivity contribution in [2.45, 2.75) is 13.5 Å². The largest absolute Gasteiger partial charge is 0.495 e. The summed E-state index contributed by atoms with van der Waals surface area (Å²) in [6, 6.07) is 12.6. The molecule has 7 nitrogen and oxygen atoms in total. The molecule has 0 aliphatic rings. The van der Waals surface area contributed by atoms with Gasteiger partial charge < -0.3 is 24.7 Å². The molecule has 7 heteroatoms. The molecule has 28 heavy (non-hydrogen) atoms. The molecule has 0 saturated carbocycles. The standard InChI is InChI=1S/C21H23N3O4/c1-14(25)22-15-7-8-20(28-3)18(13-15)23-21(26)17-5-4-6-19-16(17)9-10-24(19)11-12-27-2/h4-10,13H,11-12H2,1-3H3,(H,22,25)(H,23,26). The molecule has 146 valence electrons. The van der Waals surface area contributed by atoms with Gasteiger partial charge in [0.25, 0.3) is 5.91 Å². The summed E-state index contributed by atoms with van der Waals surface area (Å²) in [6.45, 7) is 2.72. The van der Waals surface area contributed by atoms with E-state index in [4.69, 9.17) is 9.47 Å². The summed E-state index contributed by atoms with van der Waals surface area (Å²) >= 11 is 0. The Kier molecular flexibility index (Phi) is 5.96. The van der Waals surface area contributed by atoms with Crippen molar-refractivity contribution in [1.82, 2.24) is 4.57 Å². The average Bonchev–Trinajstić information content (AvgIpc) is 3.09. The number of aromatic nitrogens is 1. The van der Waals surface area contributed by atoms with Gasteiger partial charge in [-0.05, 0) is 36.4 Å². The molecule has 2 amide bonds. The maximum absolute atomic E-state index is 13.0. The zero-order valence-corrected chi connectivity index (χ0v) is 16.1. The number of hydrogen-bond donors (Lipinski definition) is 2. The molecule has 3 rings (SSSR count). The van der Waals surface area contributed by atoms with Gasteiger partial charge in [-0.3, -0.25) is 9.59 Å². The van der Waals surface area contributed by atoms with Crippen LogP contribution in [-0.4, -0.2) is 37.2 Å². The maximum atomic E-state index is 13.0. The van der Waals surface area contributed by atoms with Gasteiger partial charge in [0.05, 0.1) is 19.4 Å². The molecule has 1 aromatic heterocycles. The quantitative estimate of drug-likeness (QED) is 0.656. The SMILES string of the molecule is COCCn1ccc2c(C(=O)Nc3cc(NC(C)=O)ccc3OC)cccc21. The second-order valence-corrected chi connectivity index (χ2v) is 6.29. The smallest absolute Gasteiger partial charge is 0.256 e. The molecule has 1 heterocycles. The lowest BCUT2D eigenvalue weighted by Gasteiger charge is -2.13. The molecule has 0 spiro atoms. The molecule has 0 atom stereocenters. The number of nitrogens with zero attached hydrogens (tertiary/aromatic N) is 1. The van der Waals surface area contributed by atoms with Gasteiger partial charge in [0.1, 0.15) is 5.75 Å². The van der Waals surface area contributed by atoms with E-state index in [0.717, 1.165) is 10.9 Å². The van der Waals surface area contributed by atoms with E-state index < -0.39 is 0 Å². The Bertz CT molecular complexity index is 1010. The zero-order chi connectivity index (χ0) is 20.1. The van der Waals surface area contributed by atoms with Crippen molar-refractivity contribution >= 4 is 34.1 Å². The first-order chi connectivity index (χ1) is 13.5. The van der Waals surface area contributed by atoms with E-state index in [1.807, 2.05) is 29.0 Å². The Balaban J connectivity index is 1.91. The van der Waals surface area contributed by atoms with E-state index in [1.165, 1.54) is 14.0 Å². The Morgan fingerprint density at radius 1 is 1.07 bits per heavy atom. The number of benzene rings is 2. The van der Waals surface area contributed by atoms with Gasteiger partial charge in [-0.15, -0.1) is 0 Å². The van der Waals surface area contributed by atoms with Crippen LogP contribution in [0.15, 0.2) is 48.7 Å². The highest BCUT2D eigenvalue weighted by atomic mass is 16.5. The summed E-state index contributed by atoms with van der Waals surface area (Å²) in [7, 11) is 3.19. The molecular formula is C21H23N3O4. The van der Waals surface area contributed by atoms with Gasteiger partial charge in [0, 0.05) is 48.9 Å². The molecule has 0 saturated heterocycles. The summed E-state index contributed by atoms with van der Waals surface area (Å²) in [5.41, 5.74) is 2.58. The monoisotopic (exact) mass is 381 g/mol. The zero-order valence-electron chi connectivity index (χ0n) is 16.1. The van der Waals surface area contributed by atoms with Gasteiger partial charge >= 0.3 is 0 Å². The Morgan fingerprint density at radius 2 is 1.89 bits per heavy atom. The molecule has 0 fully saturated rings. The second kappa shape index (κ2) is 8.58. The third-order valence-electron chi connectivity index (χ3n) is 4.36. The summed E-state index contributed by atoms with van der Waals surface area (Å²) in [4.78, 5) is 24.3. The van der Waals surface area contributed by atoms with E-state index in [2.05, 4.69) is 10.6 Å². The number of carbonyl (C=O) groups excluding carboxylic acids is 2. The fourth-order valence-electron chi connectivity index (χ4n) is 3.08. The minimum atomic E-state index is -0.256. The molecule has 0 bridgehead atoms. The van der Waals surface area contributed by atoms with Gasteiger partial charge in [-0.1, -0.05) is 6.07 Å². The van der Waals surface area contributed by atoms with Crippen molar-refractivity contribution in [2.75, 3.05) is 31.5 Å². The number of fused-ring (bicyclic) bond motifs is 1. The molecule has 0 aliphatic heterocycles. The number of ether oxygens (including phenoxy) is 2. The number of nitrogens with one attached hydrogen (secondary N) is 2. The first kappa shape index (κ1) is 19.4. The number of anilines is 2. The van der Waals surface area contributed by atoms with Crippen LogP contribution < -0.4 is 15.4 Å². The van der Waals surface area contributed by atoms with Crippen LogP contribution in [0, 0.1) is 0 Å². The maximum Gasteiger partial charge on any atom is 0.256 e. The Morgan fingerprint density at radius 3 is 2.61 bits per heavy atom. The lowest BCUT2D eigenvalue weighted by atomic mass is 10.1. The molecule has 2 aromatic carbocycles. The minimum Gasteiger partial charge on any atom is -0.495 e. The first-order valence-corrected chi connectivity index (χ1v) is 8.87. The number of carbonyl (C=O) groups is 2. The predicted molar refractivity (Wildman–Crippen MR) is 109 cm³/mol. The van der Waals surface area contributed by atoms with Gasteiger partial charge in [-0.25, -0.2) is 0 Å². The number of hydrogen-bond acceptors (Lipinski definition) is 4. The number of amides is 2. The van der Waals surface area contributed by atoms with Crippen LogP contribution in [-0.2, 0) is 16.1 Å². The van der Waals surface area contributed by atoms with Crippen molar-refractivity contribution in [2.24, 2.45) is 0 Å². The Labute approximate surface area is 163 Å². The van der Waals surface area contributed by atoms with Crippen LogP contribution in [0.5, 0.6) is 5.75 Å². The average molecular weight is 381 g/mol. The van der Waals surface area contributed by atoms with Crippen molar-refractivity contribution < 1.29 is 19.1 Å². The summed E-state index contributed by atoms with van der Waals surface area (Å²) < 4.78 is 12.5. The number of methoxy groups -OCH3 is 2. The molecular weight excluding hydrogens is 358 g/mol. The third kappa shape index (κ3) is 4.15. The van der Waals surface area contributed by atoms with Crippen molar-refractivity contribution in [3.63, 3.8) is 0 Å². The van der Waals surface area contributed by atoms with E-state index in [9.17, 15) is 9.59 Å². The minimum absolute atomic E-state index is 0.190. The fraction of sp³-hybridized carbons (Fsp3) is 0.238. The van der Waals surface area contributed by atoms with Crippen LogP contribution >= 0.6 is 0 Å². The van der Waals surface area contributed by atoms with Crippen LogP contribution in [0.1, 0.15) is 17.3 Å². The van der Waals surface area contributed by atoms with E-state index in [1.54, 1.807) is 31.4 Å². The van der Waals surface area contributed by atoms with Crippen LogP contribution in [0.4, 0.5) is 11.4 Å². The van der Waals surface area contributed by atoms with E-state index in [-0.39, 0.29) is 11.8 Å². The number of rotatable bonds is 7. The highest BCUT2D eigenvalue weighted by molar-refractivity contribution is 6.13. The van der Waals surface area contributed by atoms with Gasteiger partial charge in [-0.2, -0.15) is 0 Å². The fourth-order valence-corrected chi connectivity index (χ4v) is 3.08. The Hall–Kier alpha value is -3.32. The van der Waals surface area contributed by atoms with E-state index in [0.29, 0.717) is 35.8 Å². The predicted octanol–water partition coefficient (Wildman–Crippen LogP) is 3.51. The summed E-state index contributed by atoms with van der Waals surface area (Å²) in [5.74, 6) is 0.0604. The molecule has 2 N–H and O–H groups in total. The molecule has 0 unspecified atom stereocenters. The first-order valence-electron chi connectivity index (χ1n) is 8.87. The van der Waals surface area contributed by atoms with Crippen LogP contribution in [0.3, 0.4) is 0 Å². The van der Waals surface area contributed by atoms with E-state index >= 15 is 0 Å². The highest BCUT2D eigenvalue weighted by Gasteiger charge is 2.15. The normalized spacial score (nSPS) is 10.7. The molecule has 3 aromatic rings. The van der Waals surface area contributed by atoms with Gasteiger partial charge in [0.2, 0.25) is 5.91 Å².